The summed E-state index contributed by atoms with van der Waals surface area (Å²) in [6.07, 6.45) is 4.82. The number of hydrogen-bond donors (Lipinski definition) is 3. The van der Waals surface area contributed by atoms with Crippen molar-refractivity contribution in [1.29, 1.82) is 0 Å². The van der Waals surface area contributed by atoms with Gasteiger partial charge in [0.1, 0.15) is 5.60 Å². The molecule has 0 aromatic carbocycles. The number of hydrogen-bond acceptors (Lipinski definition) is 4. The minimum absolute atomic E-state index is 0.121. The Hall–Kier alpha value is -0.160. The van der Waals surface area contributed by atoms with Crippen LogP contribution in [0.15, 0.2) is 0 Å². The third-order valence-corrected chi connectivity index (χ3v) is 4.09. The lowest BCUT2D eigenvalue weighted by molar-refractivity contribution is -0.303. The van der Waals surface area contributed by atoms with Crippen LogP contribution in [-0.4, -0.2) is 27.6 Å². The number of hydroxylamine groups is 1. The summed E-state index contributed by atoms with van der Waals surface area (Å²) in [6.45, 7) is 4.16. The van der Waals surface area contributed by atoms with Crippen molar-refractivity contribution >= 4 is 0 Å². The van der Waals surface area contributed by atoms with Gasteiger partial charge in [-0.1, -0.05) is 33.1 Å². The summed E-state index contributed by atoms with van der Waals surface area (Å²) < 4.78 is 0. The Balaban J connectivity index is 2.07. The van der Waals surface area contributed by atoms with E-state index in [2.05, 4.69) is 19.3 Å². The largest absolute Gasteiger partial charge is 0.384 e. The Morgan fingerprint density at radius 1 is 1.19 bits per heavy atom. The Kier molecular flexibility index (Phi) is 3.27. The van der Waals surface area contributed by atoms with Crippen molar-refractivity contribution in [2.24, 2.45) is 5.92 Å². The molecule has 2 atom stereocenters. The molecule has 2 aliphatic rings. The molecular formula is C12H23NO3. The van der Waals surface area contributed by atoms with Crippen LogP contribution in [0.25, 0.3) is 0 Å². The van der Waals surface area contributed by atoms with Crippen LogP contribution in [0.4, 0.5) is 0 Å². The molecular weight excluding hydrogens is 206 g/mol. The first-order valence-corrected chi connectivity index (χ1v) is 6.35. The minimum atomic E-state index is -1.40. The van der Waals surface area contributed by atoms with E-state index in [0.29, 0.717) is 25.2 Å². The van der Waals surface area contributed by atoms with Gasteiger partial charge in [0.2, 0.25) is 5.79 Å². The van der Waals surface area contributed by atoms with Crippen LogP contribution >= 0.6 is 0 Å². The maximum atomic E-state index is 10.5. The fourth-order valence-corrected chi connectivity index (χ4v) is 2.74. The van der Waals surface area contributed by atoms with E-state index in [1.807, 2.05) is 0 Å². The quantitative estimate of drug-likeness (QED) is 0.668. The van der Waals surface area contributed by atoms with Crippen molar-refractivity contribution in [2.75, 3.05) is 0 Å². The second-order valence-electron chi connectivity index (χ2n) is 5.65. The monoisotopic (exact) mass is 229 g/mol. The first-order chi connectivity index (χ1) is 7.47. The molecule has 1 saturated carbocycles. The topological polar surface area (TPSA) is 61.7 Å². The summed E-state index contributed by atoms with van der Waals surface area (Å²) in [5.41, 5.74) is 1.79. The molecule has 2 fully saturated rings. The van der Waals surface area contributed by atoms with Crippen molar-refractivity contribution in [3.8, 4) is 0 Å². The SMILES string of the molecule is CC(C)C1C[C@@](O)(C2(O)CCCCC2)ON1. The molecule has 2 rings (SSSR count). The molecule has 16 heavy (non-hydrogen) atoms. The number of nitrogens with one attached hydrogen (secondary N) is 1. The van der Waals surface area contributed by atoms with Crippen LogP contribution in [0.2, 0.25) is 0 Å². The molecule has 0 aromatic heterocycles. The van der Waals surface area contributed by atoms with Gasteiger partial charge in [-0.3, -0.25) is 4.84 Å². The summed E-state index contributed by atoms with van der Waals surface area (Å²) in [6, 6.07) is 0.121. The second-order valence-corrected chi connectivity index (χ2v) is 5.65. The molecule has 1 saturated heterocycles. The highest BCUT2D eigenvalue weighted by Crippen LogP contribution is 2.42. The van der Waals surface area contributed by atoms with Gasteiger partial charge in [0.05, 0.1) is 0 Å². The van der Waals surface area contributed by atoms with Gasteiger partial charge in [0.15, 0.2) is 0 Å². The van der Waals surface area contributed by atoms with Crippen LogP contribution in [0.3, 0.4) is 0 Å². The van der Waals surface area contributed by atoms with E-state index < -0.39 is 11.4 Å². The van der Waals surface area contributed by atoms with Crippen LogP contribution < -0.4 is 5.48 Å². The maximum absolute atomic E-state index is 10.5. The third kappa shape index (κ3) is 1.99. The average Bonchev–Trinajstić information content (AvgIpc) is 2.64. The fourth-order valence-electron chi connectivity index (χ4n) is 2.74. The van der Waals surface area contributed by atoms with Gasteiger partial charge in [-0.05, 0) is 18.8 Å². The summed E-state index contributed by atoms with van der Waals surface area (Å²) in [4.78, 5) is 5.31. The second kappa shape index (κ2) is 4.26. The van der Waals surface area contributed by atoms with Crippen LogP contribution in [0.5, 0.6) is 0 Å². The van der Waals surface area contributed by atoms with E-state index in [9.17, 15) is 10.2 Å². The smallest absolute Gasteiger partial charge is 0.215 e. The molecule has 94 valence electrons. The maximum Gasteiger partial charge on any atom is 0.215 e. The summed E-state index contributed by atoms with van der Waals surface area (Å²) in [7, 11) is 0. The highest BCUT2D eigenvalue weighted by molar-refractivity contribution is 4.99. The average molecular weight is 229 g/mol. The molecule has 0 amide bonds. The van der Waals surface area contributed by atoms with Gasteiger partial charge in [0, 0.05) is 12.5 Å². The molecule has 1 aliphatic carbocycles. The zero-order valence-electron chi connectivity index (χ0n) is 10.2. The molecule has 1 aliphatic heterocycles. The molecule has 3 N–H and O–H groups in total. The molecule has 4 heteroatoms. The minimum Gasteiger partial charge on any atom is -0.384 e. The normalized spacial score (nSPS) is 39.2. The van der Waals surface area contributed by atoms with E-state index in [-0.39, 0.29) is 6.04 Å². The Morgan fingerprint density at radius 2 is 1.81 bits per heavy atom. The van der Waals surface area contributed by atoms with Gasteiger partial charge in [-0.25, -0.2) is 0 Å². The first-order valence-electron chi connectivity index (χ1n) is 6.35. The Morgan fingerprint density at radius 3 is 2.31 bits per heavy atom. The van der Waals surface area contributed by atoms with Gasteiger partial charge in [-0.15, -0.1) is 0 Å². The van der Waals surface area contributed by atoms with Crippen molar-refractivity contribution in [1.82, 2.24) is 5.48 Å². The highest BCUT2D eigenvalue weighted by atomic mass is 16.8. The lowest BCUT2D eigenvalue weighted by Gasteiger charge is -2.41. The summed E-state index contributed by atoms with van der Waals surface area (Å²) in [5, 5.41) is 21.0. The van der Waals surface area contributed by atoms with E-state index >= 15 is 0 Å². The summed E-state index contributed by atoms with van der Waals surface area (Å²) in [5.74, 6) is -1.01. The van der Waals surface area contributed by atoms with Crippen LogP contribution in [-0.2, 0) is 4.84 Å². The molecule has 1 heterocycles. The van der Waals surface area contributed by atoms with Gasteiger partial charge < -0.3 is 10.2 Å². The van der Waals surface area contributed by atoms with E-state index in [0.717, 1.165) is 19.3 Å². The zero-order chi connectivity index (χ0) is 11.8. The lowest BCUT2D eigenvalue weighted by Crippen LogP contribution is -2.55. The van der Waals surface area contributed by atoms with E-state index in [4.69, 9.17) is 4.84 Å². The van der Waals surface area contributed by atoms with Crippen molar-refractivity contribution in [3.63, 3.8) is 0 Å². The predicted molar refractivity (Wildman–Crippen MR) is 60.4 cm³/mol. The lowest BCUT2D eigenvalue weighted by atomic mass is 9.76. The fraction of sp³-hybridized carbons (Fsp3) is 1.00. The van der Waals surface area contributed by atoms with Gasteiger partial charge in [-0.2, -0.15) is 5.48 Å². The first kappa shape index (κ1) is 12.3. The standard InChI is InChI=1S/C12H23NO3/c1-9(2)10-8-12(15,16-13-10)11(14)6-4-3-5-7-11/h9-10,13-15H,3-8H2,1-2H3/t10?,12-/m0/s1. The van der Waals surface area contributed by atoms with Gasteiger partial charge >= 0.3 is 0 Å². The third-order valence-electron chi connectivity index (χ3n) is 4.09. The highest BCUT2D eigenvalue weighted by Gasteiger charge is 2.55. The van der Waals surface area contributed by atoms with Crippen molar-refractivity contribution in [2.45, 2.75) is 69.8 Å². The zero-order valence-corrected chi connectivity index (χ0v) is 10.2. The van der Waals surface area contributed by atoms with Crippen molar-refractivity contribution in [3.05, 3.63) is 0 Å². The van der Waals surface area contributed by atoms with Crippen LogP contribution in [0, 0.1) is 5.92 Å². The molecule has 0 radical (unpaired) electrons. The predicted octanol–water partition coefficient (Wildman–Crippen LogP) is 1.32. The van der Waals surface area contributed by atoms with Crippen molar-refractivity contribution < 1.29 is 15.1 Å². The number of rotatable bonds is 2. The molecule has 4 nitrogen and oxygen atoms in total. The number of aliphatic hydroxyl groups is 2. The Labute approximate surface area is 96.9 Å². The van der Waals surface area contributed by atoms with Gasteiger partial charge in [0.25, 0.3) is 0 Å². The summed E-state index contributed by atoms with van der Waals surface area (Å²) >= 11 is 0. The van der Waals surface area contributed by atoms with E-state index in [1.54, 1.807) is 0 Å². The van der Waals surface area contributed by atoms with E-state index in [1.165, 1.54) is 0 Å². The molecule has 1 unspecified atom stereocenters. The molecule has 0 aromatic rings. The molecule has 0 bridgehead atoms. The Bertz CT molecular complexity index is 251. The molecule has 0 spiro atoms. The van der Waals surface area contributed by atoms with Crippen LogP contribution in [0.1, 0.15) is 52.4 Å².